The van der Waals surface area contributed by atoms with Crippen molar-refractivity contribution in [1.29, 1.82) is 0 Å². The highest BCUT2D eigenvalue weighted by Crippen LogP contribution is 2.20. The van der Waals surface area contributed by atoms with E-state index in [0.717, 1.165) is 14.3 Å². The van der Waals surface area contributed by atoms with Crippen LogP contribution in [0.25, 0.3) is 0 Å². The van der Waals surface area contributed by atoms with Gasteiger partial charge in [0.2, 0.25) is 15.9 Å². The zero-order chi connectivity index (χ0) is 17.9. The Bertz CT molecular complexity index is 866. The predicted molar refractivity (Wildman–Crippen MR) is 98.5 cm³/mol. The molecule has 1 amide bonds. The van der Waals surface area contributed by atoms with Crippen LogP contribution in [-0.2, 0) is 14.8 Å². The van der Waals surface area contributed by atoms with Crippen LogP contribution in [0.2, 0.25) is 0 Å². The quantitative estimate of drug-likeness (QED) is 0.821. The Morgan fingerprint density at radius 3 is 2.54 bits per heavy atom. The molecule has 24 heavy (non-hydrogen) atoms. The van der Waals surface area contributed by atoms with E-state index in [-0.39, 0.29) is 11.4 Å². The molecule has 5 nitrogen and oxygen atoms in total. The Labute approximate surface area is 150 Å². The molecule has 0 heterocycles. The number of carbonyl (C=O) groups excluding carboxylic acids is 1. The van der Waals surface area contributed by atoms with Crippen LogP contribution in [-0.4, -0.2) is 32.2 Å². The Kier molecular flexibility index (Phi) is 5.79. The highest BCUT2D eigenvalue weighted by atomic mass is 79.9. The van der Waals surface area contributed by atoms with E-state index < -0.39 is 15.9 Å². The van der Waals surface area contributed by atoms with Gasteiger partial charge in [-0.1, -0.05) is 34.1 Å². The van der Waals surface area contributed by atoms with Gasteiger partial charge in [0.25, 0.3) is 0 Å². The van der Waals surface area contributed by atoms with E-state index in [2.05, 4.69) is 21.2 Å². The summed E-state index contributed by atoms with van der Waals surface area (Å²) in [4.78, 5) is 12.4. The minimum absolute atomic E-state index is 0.222. The van der Waals surface area contributed by atoms with E-state index in [1.54, 1.807) is 37.3 Å². The van der Waals surface area contributed by atoms with Crippen molar-refractivity contribution in [3.63, 3.8) is 0 Å². The Hall–Kier alpha value is -1.70. The Morgan fingerprint density at radius 1 is 1.17 bits per heavy atom. The van der Waals surface area contributed by atoms with Gasteiger partial charge in [0.1, 0.15) is 0 Å². The zero-order valence-corrected chi connectivity index (χ0v) is 16.1. The van der Waals surface area contributed by atoms with Gasteiger partial charge in [0, 0.05) is 17.2 Å². The molecule has 0 aliphatic heterocycles. The summed E-state index contributed by atoms with van der Waals surface area (Å²) >= 11 is 3.32. The van der Waals surface area contributed by atoms with Crippen molar-refractivity contribution in [2.75, 3.05) is 18.9 Å². The van der Waals surface area contributed by atoms with E-state index >= 15 is 0 Å². The molecule has 128 valence electrons. The van der Waals surface area contributed by atoms with Crippen LogP contribution >= 0.6 is 15.9 Å². The van der Waals surface area contributed by atoms with Gasteiger partial charge < -0.3 is 5.32 Å². The topological polar surface area (TPSA) is 66.5 Å². The summed E-state index contributed by atoms with van der Waals surface area (Å²) < 4.78 is 27.3. The molecule has 2 aromatic carbocycles. The lowest BCUT2D eigenvalue weighted by Crippen LogP contribution is -2.35. The maximum atomic E-state index is 12.7. The fourth-order valence-electron chi connectivity index (χ4n) is 2.21. The van der Waals surface area contributed by atoms with E-state index in [9.17, 15) is 13.2 Å². The van der Waals surface area contributed by atoms with Crippen LogP contribution < -0.4 is 5.32 Å². The van der Waals surface area contributed by atoms with Crippen LogP contribution in [0.15, 0.2) is 51.8 Å². The second kappa shape index (κ2) is 7.46. The third-order valence-electron chi connectivity index (χ3n) is 3.51. The van der Waals surface area contributed by atoms with Crippen LogP contribution in [0.5, 0.6) is 0 Å². The smallest absolute Gasteiger partial charge is 0.243 e. The molecule has 0 saturated heterocycles. The van der Waals surface area contributed by atoms with Gasteiger partial charge in [-0.3, -0.25) is 4.79 Å². The van der Waals surface area contributed by atoms with Crippen molar-refractivity contribution in [3.05, 3.63) is 58.1 Å². The maximum absolute atomic E-state index is 12.7. The number of nitrogens with one attached hydrogen (secondary N) is 1. The summed E-state index contributed by atoms with van der Waals surface area (Å²) in [7, 11) is -2.32. The first-order chi connectivity index (χ1) is 11.2. The molecule has 0 unspecified atom stereocenters. The number of amides is 1. The first kappa shape index (κ1) is 18.6. The minimum Gasteiger partial charge on any atom is -0.325 e. The summed E-state index contributed by atoms with van der Waals surface area (Å²) in [6.45, 7) is 3.31. The van der Waals surface area contributed by atoms with Crippen LogP contribution in [0.3, 0.4) is 0 Å². The van der Waals surface area contributed by atoms with Gasteiger partial charge in [0.15, 0.2) is 0 Å². The molecular formula is C17H19BrN2O3S. The normalized spacial score (nSPS) is 11.5. The molecule has 2 aromatic rings. The number of aryl methyl sites for hydroxylation is 2. The van der Waals surface area contributed by atoms with Gasteiger partial charge >= 0.3 is 0 Å². The molecule has 0 aromatic heterocycles. The first-order valence-corrected chi connectivity index (χ1v) is 9.52. The van der Waals surface area contributed by atoms with Gasteiger partial charge in [-0.05, 0) is 49.2 Å². The SMILES string of the molecule is Cc1ccc(C)c(S(=O)(=O)N(C)CC(=O)Nc2cccc(Br)c2)c1. The molecule has 2 rings (SSSR count). The second-order valence-corrected chi connectivity index (χ2v) is 8.52. The molecule has 7 heteroatoms. The third-order valence-corrected chi connectivity index (χ3v) is 5.95. The number of anilines is 1. The third kappa shape index (κ3) is 4.43. The minimum atomic E-state index is -3.72. The molecule has 0 atom stereocenters. The highest BCUT2D eigenvalue weighted by molar-refractivity contribution is 9.10. The number of hydrogen-bond acceptors (Lipinski definition) is 3. The van der Waals surface area contributed by atoms with Crippen molar-refractivity contribution in [2.24, 2.45) is 0 Å². The Morgan fingerprint density at radius 2 is 1.88 bits per heavy atom. The fraction of sp³-hybridized carbons (Fsp3) is 0.235. The maximum Gasteiger partial charge on any atom is 0.243 e. The monoisotopic (exact) mass is 410 g/mol. The number of hydrogen-bond donors (Lipinski definition) is 1. The van der Waals surface area contributed by atoms with Crippen molar-refractivity contribution in [2.45, 2.75) is 18.7 Å². The lowest BCUT2D eigenvalue weighted by atomic mass is 10.2. The summed E-state index contributed by atoms with van der Waals surface area (Å²) in [6, 6.07) is 12.3. The molecule has 0 aliphatic carbocycles. The molecule has 0 radical (unpaired) electrons. The molecule has 0 aliphatic rings. The number of rotatable bonds is 5. The van der Waals surface area contributed by atoms with E-state index in [1.807, 2.05) is 19.1 Å². The summed E-state index contributed by atoms with van der Waals surface area (Å²) in [5, 5.41) is 2.69. The summed E-state index contributed by atoms with van der Waals surface area (Å²) in [5.41, 5.74) is 2.11. The van der Waals surface area contributed by atoms with Gasteiger partial charge in [-0.15, -0.1) is 0 Å². The summed E-state index contributed by atoms with van der Waals surface area (Å²) in [6.07, 6.45) is 0. The predicted octanol–water partition coefficient (Wildman–Crippen LogP) is 3.33. The molecule has 0 saturated carbocycles. The molecule has 0 spiro atoms. The van der Waals surface area contributed by atoms with Gasteiger partial charge in [0.05, 0.1) is 11.4 Å². The lowest BCUT2D eigenvalue weighted by Gasteiger charge is -2.18. The van der Waals surface area contributed by atoms with Crippen molar-refractivity contribution in [3.8, 4) is 0 Å². The highest BCUT2D eigenvalue weighted by Gasteiger charge is 2.24. The number of likely N-dealkylation sites (N-methyl/N-ethyl adjacent to an activating group) is 1. The van der Waals surface area contributed by atoms with Crippen LogP contribution in [0.1, 0.15) is 11.1 Å². The second-order valence-electron chi connectivity index (χ2n) is 5.59. The fourth-order valence-corrected chi connectivity index (χ4v) is 4.04. The standard InChI is InChI=1S/C17H19BrN2O3S/c1-12-7-8-13(2)16(9-12)24(22,23)20(3)11-17(21)19-15-6-4-5-14(18)10-15/h4-10H,11H2,1-3H3,(H,19,21). The van der Waals surface area contributed by atoms with E-state index in [1.165, 1.54) is 7.05 Å². The van der Waals surface area contributed by atoms with Crippen molar-refractivity contribution in [1.82, 2.24) is 4.31 Å². The average molecular weight is 411 g/mol. The molecule has 0 fully saturated rings. The van der Waals surface area contributed by atoms with Gasteiger partial charge in [-0.25, -0.2) is 8.42 Å². The van der Waals surface area contributed by atoms with E-state index in [4.69, 9.17) is 0 Å². The number of benzene rings is 2. The Balaban J connectivity index is 2.14. The van der Waals surface area contributed by atoms with Gasteiger partial charge in [-0.2, -0.15) is 4.31 Å². The van der Waals surface area contributed by atoms with Crippen molar-refractivity contribution >= 4 is 37.5 Å². The zero-order valence-electron chi connectivity index (χ0n) is 13.7. The number of halogens is 1. The van der Waals surface area contributed by atoms with Crippen LogP contribution in [0, 0.1) is 13.8 Å². The largest absolute Gasteiger partial charge is 0.325 e. The van der Waals surface area contributed by atoms with Crippen molar-refractivity contribution < 1.29 is 13.2 Å². The molecular weight excluding hydrogens is 392 g/mol. The average Bonchev–Trinajstić information content (AvgIpc) is 2.49. The van der Waals surface area contributed by atoms with Crippen LogP contribution in [0.4, 0.5) is 5.69 Å². The molecule has 1 N–H and O–H groups in total. The van der Waals surface area contributed by atoms with E-state index in [0.29, 0.717) is 11.3 Å². The number of nitrogens with zero attached hydrogens (tertiary/aromatic N) is 1. The molecule has 0 bridgehead atoms. The number of sulfonamides is 1. The summed E-state index contributed by atoms with van der Waals surface area (Å²) in [5.74, 6) is -0.399. The number of carbonyl (C=O) groups is 1. The first-order valence-electron chi connectivity index (χ1n) is 7.29. The lowest BCUT2D eigenvalue weighted by molar-refractivity contribution is -0.116.